The van der Waals surface area contributed by atoms with Crippen LogP contribution in [0.25, 0.3) is 0 Å². The Bertz CT molecular complexity index is 550. The first-order chi connectivity index (χ1) is 9.08. The van der Waals surface area contributed by atoms with Gasteiger partial charge in [-0.1, -0.05) is 30.9 Å². The average molecular weight is 259 g/mol. The van der Waals surface area contributed by atoms with Gasteiger partial charge < -0.3 is 9.47 Å². The molecule has 0 amide bonds. The van der Waals surface area contributed by atoms with Crippen LogP contribution in [0.4, 0.5) is 0 Å². The lowest BCUT2D eigenvalue weighted by Crippen LogP contribution is -2.40. The van der Waals surface area contributed by atoms with E-state index in [1.807, 2.05) is 6.07 Å². The molecule has 0 aromatic heterocycles. The lowest BCUT2D eigenvalue weighted by Gasteiger charge is -2.13. The minimum Gasteiger partial charge on any atom is -0.459 e. The third-order valence-electron chi connectivity index (χ3n) is 2.66. The van der Waals surface area contributed by atoms with Gasteiger partial charge in [0, 0.05) is 5.56 Å². The quantitative estimate of drug-likeness (QED) is 0.466. The molecule has 0 unspecified atom stereocenters. The van der Waals surface area contributed by atoms with Gasteiger partial charge in [-0.15, -0.1) is 0 Å². The van der Waals surface area contributed by atoms with Gasteiger partial charge in [0.25, 0.3) is 5.54 Å². The molecule has 19 heavy (non-hydrogen) atoms. The standard InChI is InChI=1S/C14H13NO4/c1-3-9-18-12(16)14(2)13(17)19-11(15-14)10-7-5-4-6-8-10/h3-8H,1,9H2,2H3/t14-/m0/s1. The van der Waals surface area contributed by atoms with E-state index in [0.717, 1.165) is 0 Å². The Labute approximate surface area is 110 Å². The number of cyclic esters (lactones) is 1. The van der Waals surface area contributed by atoms with E-state index < -0.39 is 17.5 Å². The second kappa shape index (κ2) is 5.06. The van der Waals surface area contributed by atoms with Gasteiger partial charge in [-0.3, -0.25) is 0 Å². The molecule has 0 N–H and O–H groups in total. The molecule has 0 spiro atoms. The molecule has 1 heterocycles. The Morgan fingerprint density at radius 2 is 2.16 bits per heavy atom. The number of rotatable bonds is 4. The van der Waals surface area contributed by atoms with Crippen LogP contribution >= 0.6 is 0 Å². The normalized spacial score (nSPS) is 21.5. The van der Waals surface area contributed by atoms with Crippen molar-refractivity contribution >= 4 is 17.8 Å². The molecule has 1 aromatic carbocycles. The number of hydrogen-bond donors (Lipinski definition) is 0. The van der Waals surface area contributed by atoms with Gasteiger partial charge in [0.15, 0.2) is 0 Å². The van der Waals surface area contributed by atoms with E-state index in [9.17, 15) is 9.59 Å². The van der Waals surface area contributed by atoms with Gasteiger partial charge in [0.2, 0.25) is 5.90 Å². The molecule has 0 saturated carbocycles. The number of nitrogens with zero attached hydrogens (tertiary/aromatic N) is 1. The lowest BCUT2D eigenvalue weighted by molar-refractivity contribution is -0.156. The molecule has 1 atom stereocenters. The van der Waals surface area contributed by atoms with Gasteiger partial charge >= 0.3 is 11.9 Å². The number of carbonyl (C=O) groups excluding carboxylic acids is 2. The minimum atomic E-state index is -1.64. The van der Waals surface area contributed by atoms with Gasteiger partial charge in [-0.25, -0.2) is 14.6 Å². The monoisotopic (exact) mass is 259 g/mol. The zero-order valence-electron chi connectivity index (χ0n) is 10.5. The molecular formula is C14H13NO4. The van der Waals surface area contributed by atoms with E-state index in [2.05, 4.69) is 11.6 Å². The van der Waals surface area contributed by atoms with Crippen molar-refractivity contribution in [3.05, 3.63) is 48.6 Å². The minimum absolute atomic E-state index is 0.0257. The highest BCUT2D eigenvalue weighted by molar-refractivity contribution is 6.16. The summed E-state index contributed by atoms with van der Waals surface area (Å²) in [5, 5.41) is 0. The van der Waals surface area contributed by atoms with Crippen LogP contribution in [0.5, 0.6) is 0 Å². The summed E-state index contributed by atoms with van der Waals surface area (Å²) in [4.78, 5) is 27.7. The number of benzene rings is 1. The number of ether oxygens (including phenoxy) is 2. The SMILES string of the molecule is C=CCOC(=O)[C@]1(C)N=C(c2ccccc2)OC1=O. The van der Waals surface area contributed by atoms with Crippen molar-refractivity contribution < 1.29 is 19.1 Å². The fourth-order valence-electron chi connectivity index (χ4n) is 1.57. The van der Waals surface area contributed by atoms with E-state index in [-0.39, 0.29) is 12.5 Å². The fraction of sp³-hybridized carbons (Fsp3) is 0.214. The van der Waals surface area contributed by atoms with E-state index in [4.69, 9.17) is 9.47 Å². The van der Waals surface area contributed by atoms with Gasteiger partial charge in [0.05, 0.1) is 0 Å². The van der Waals surface area contributed by atoms with Crippen molar-refractivity contribution in [2.45, 2.75) is 12.5 Å². The van der Waals surface area contributed by atoms with E-state index in [1.165, 1.54) is 13.0 Å². The molecule has 98 valence electrons. The second-order valence-electron chi connectivity index (χ2n) is 4.13. The molecule has 0 radical (unpaired) electrons. The van der Waals surface area contributed by atoms with Crippen LogP contribution in [0.1, 0.15) is 12.5 Å². The predicted molar refractivity (Wildman–Crippen MR) is 68.6 cm³/mol. The van der Waals surface area contributed by atoms with Crippen LogP contribution in [-0.4, -0.2) is 30.0 Å². The number of esters is 2. The molecule has 5 nitrogen and oxygen atoms in total. The molecule has 2 rings (SSSR count). The maximum absolute atomic E-state index is 11.8. The van der Waals surface area contributed by atoms with Crippen molar-refractivity contribution in [3.8, 4) is 0 Å². The van der Waals surface area contributed by atoms with Crippen LogP contribution in [0.2, 0.25) is 0 Å². The lowest BCUT2D eigenvalue weighted by atomic mass is 10.1. The van der Waals surface area contributed by atoms with Crippen LogP contribution in [0, 0.1) is 0 Å². The van der Waals surface area contributed by atoms with Crippen molar-refractivity contribution in [1.82, 2.24) is 0 Å². The predicted octanol–water partition coefficient (Wildman–Crippen LogP) is 1.48. The molecule has 1 aromatic rings. The molecule has 0 saturated heterocycles. The van der Waals surface area contributed by atoms with Crippen LogP contribution in [-0.2, 0) is 19.1 Å². The first-order valence-electron chi connectivity index (χ1n) is 5.73. The van der Waals surface area contributed by atoms with Crippen molar-refractivity contribution in [2.75, 3.05) is 6.61 Å². The Kier molecular flexibility index (Phi) is 3.46. The third-order valence-corrected chi connectivity index (χ3v) is 2.66. The number of hydrogen-bond acceptors (Lipinski definition) is 5. The summed E-state index contributed by atoms with van der Waals surface area (Å²) in [5.41, 5.74) is -1.01. The van der Waals surface area contributed by atoms with E-state index in [1.54, 1.807) is 24.3 Å². The summed E-state index contributed by atoms with van der Waals surface area (Å²) in [6.07, 6.45) is 1.42. The third kappa shape index (κ3) is 2.40. The molecule has 0 bridgehead atoms. The van der Waals surface area contributed by atoms with Crippen molar-refractivity contribution in [2.24, 2.45) is 4.99 Å². The first kappa shape index (κ1) is 13.0. The number of aliphatic imine (C=N–C) groups is 1. The molecule has 1 aliphatic heterocycles. The molecular weight excluding hydrogens is 246 g/mol. The smallest absolute Gasteiger partial charge is 0.352 e. The Hall–Kier alpha value is -2.43. The van der Waals surface area contributed by atoms with Gasteiger partial charge in [-0.05, 0) is 19.1 Å². The zero-order valence-corrected chi connectivity index (χ0v) is 10.5. The summed E-state index contributed by atoms with van der Waals surface area (Å²) >= 11 is 0. The first-order valence-corrected chi connectivity index (χ1v) is 5.73. The largest absolute Gasteiger partial charge is 0.459 e. The Morgan fingerprint density at radius 1 is 1.47 bits per heavy atom. The maximum atomic E-state index is 11.8. The maximum Gasteiger partial charge on any atom is 0.352 e. The van der Waals surface area contributed by atoms with E-state index >= 15 is 0 Å². The highest BCUT2D eigenvalue weighted by atomic mass is 16.6. The van der Waals surface area contributed by atoms with Gasteiger partial charge in [-0.2, -0.15) is 0 Å². The zero-order chi connectivity index (χ0) is 13.9. The summed E-state index contributed by atoms with van der Waals surface area (Å²) in [5.74, 6) is -1.35. The summed E-state index contributed by atoms with van der Waals surface area (Å²) in [6.45, 7) is 4.83. The summed E-state index contributed by atoms with van der Waals surface area (Å²) < 4.78 is 9.92. The Balaban J connectivity index is 2.27. The van der Waals surface area contributed by atoms with Crippen LogP contribution < -0.4 is 0 Å². The van der Waals surface area contributed by atoms with Crippen LogP contribution in [0.15, 0.2) is 48.0 Å². The topological polar surface area (TPSA) is 65.0 Å². The number of carbonyl (C=O) groups is 2. The fourth-order valence-corrected chi connectivity index (χ4v) is 1.57. The highest BCUT2D eigenvalue weighted by Gasteiger charge is 2.50. The van der Waals surface area contributed by atoms with Crippen LogP contribution in [0.3, 0.4) is 0 Å². The Morgan fingerprint density at radius 3 is 2.79 bits per heavy atom. The summed E-state index contributed by atoms with van der Waals surface area (Å²) in [6, 6.07) is 8.90. The second-order valence-corrected chi connectivity index (χ2v) is 4.13. The molecule has 0 fully saturated rings. The molecule has 5 heteroatoms. The summed E-state index contributed by atoms with van der Waals surface area (Å²) in [7, 11) is 0. The van der Waals surface area contributed by atoms with Gasteiger partial charge in [0.1, 0.15) is 6.61 Å². The van der Waals surface area contributed by atoms with Crippen molar-refractivity contribution in [1.29, 1.82) is 0 Å². The molecule has 0 aliphatic carbocycles. The van der Waals surface area contributed by atoms with Crippen molar-refractivity contribution in [3.63, 3.8) is 0 Å². The van der Waals surface area contributed by atoms with E-state index in [0.29, 0.717) is 5.56 Å². The average Bonchev–Trinajstić information content (AvgIpc) is 2.74. The molecule has 1 aliphatic rings. The highest BCUT2D eigenvalue weighted by Crippen LogP contribution is 2.24.